The van der Waals surface area contributed by atoms with Crippen LogP contribution in [0, 0.1) is 5.41 Å². The Hall–Kier alpha value is -2.53. The van der Waals surface area contributed by atoms with Crippen molar-refractivity contribution < 1.29 is 0 Å². The second-order valence-corrected chi connectivity index (χ2v) is 12.5. The molecule has 2 aliphatic heterocycles. The zero-order valence-electron chi connectivity index (χ0n) is 22.1. The summed E-state index contributed by atoms with van der Waals surface area (Å²) in [4.78, 5) is 6.63. The summed E-state index contributed by atoms with van der Waals surface area (Å²) >= 11 is 13.5. The van der Waals surface area contributed by atoms with E-state index in [1.807, 2.05) is 18.2 Å². The average molecular weight is 536 g/mol. The molecule has 4 nitrogen and oxygen atoms in total. The first-order valence-corrected chi connectivity index (χ1v) is 13.7. The van der Waals surface area contributed by atoms with Gasteiger partial charge in [-0.2, -0.15) is 0 Å². The summed E-state index contributed by atoms with van der Waals surface area (Å²) in [5.41, 5.74) is 12.0. The van der Waals surface area contributed by atoms with Gasteiger partial charge in [0.2, 0.25) is 0 Å². The fourth-order valence-corrected chi connectivity index (χ4v) is 6.83. The summed E-state index contributed by atoms with van der Waals surface area (Å²) in [5, 5.41) is 5.54. The molecule has 3 N–H and O–H groups in total. The first kappa shape index (κ1) is 26.1. The van der Waals surface area contributed by atoms with Crippen LogP contribution in [0.1, 0.15) is 55.4 Å². The van der Waals surface area contributed by atoms with Crippen LogP contribution in [-0.2, 0) is 12.0 Å². The highest BCUT2D eigenvalue weighted by Gasteiger charge is 2.57. The maximum absolute atomic E-state index is 6.84. The summed E-state index contributed by atoms with van der Waals surface area (Å²) in [6.45, 7) is 9.55. The predicted molar refractivity (Wildman–Crippen MR) is 157 cm³/mol. The molecule has 2 heterocycles. The highest BCUT2D eigenvalue weighted by molar-refractivity contribution is 6.31. The van der Waals surface area contributed by atoms with E-state index in [1.54, 1.807) is 7.05 Å². The average Bonchev–Trinajstić information content (AvgIpc) is 3.36. The van der Waals surface area contributed by atoms with E-state index in [9.17, 15) is 0 Å². The lowest BCUT2D eigenvalue weighted by molar-refractivity contribution is 0.256. The zero-order valence-corrected chi connectivity index (χ0v) is 23.6. The topological polar surface area (TPSA) is 53.6 Å². The quantitative estimate of drug-likeness (QED) is 0.280. The number of aliphatic imine (C=N–C) groups is 1. The Morgan fingerprint density at radius 1 is 1.08 bits per heavy atom. The molecule has 3 aromatic carbocycles. The number of nitrogens with zero attached hydrogens (tertiary/aromatic N) is 2. The van der Waals surface area contributed by atoms with Crippen molar-refractivity contribution in [1.29, 1.82) is 0 Å². The molecule has 0 aliphatic carbocycles. The molecule has 5 rings (SSSR count). The van der Waals surface area contributed by atoms with E-state index < -0.39 is 0 Å². The molecule has 1 spiro atoms. The maximum Gasteiger partial charge on any atom is 0.125 e. The molecular weight excluding hydrogens is 499 g/mol. The molecule has 1 fully saturated rings. The van der Waals surface area contributed by atoms with Gasteiger partial charge in [0, 0.05) is 65.4 Å². The predicted octanol–water partition coefficient (Wildman–Crippen LogP) is 6.78. The molecule has 1 saturated heterocycles. The lowest BCUT2D eigenvalue weighted by Gasteiger charge is -2.40. The van der Waals surface area contributed by atoms with Crippen LogP contribution >= 0.6 is 23.2 Å². The summed E-state index contributed by atoms with van der Waals surface area (Å²) in [7, 11) is 1.72. The first-order valence-electron chi connectivity index (χ1n) is 13.0. The normalized spacial score (nSPS) is 23.6. The fraction of sp³-hybridized carbons (Fsp3) is 0.387. The molecule has 194 valence electrons. The Balaban J connectivity index is 1.60. The molecule has 2 aliphatic rings. The zero-order chi connectivity index (χ0) is 26.4. The van der Waals surface area contributed by atoms with Gasteiger partial charge in [-0.05, 0) is 52.8 Å². The molecule has 6 heteroatoms. The largest absolute Gasteiger partial charge is 0.384 e. The third kappa shape index (κ3) is 4.87. The number of amidine groups is 1. The van der Waals surface area contributed by atoms with E-state index in [-0.39, 0.29) is 16.7 Å². The highest BCUT2D eigenvalue weighted by atomic mass is 35.5. The Bertz CT molecular complexity index is 1310. The number of nitrogens with two attached hydrogens (primary N) is 1. The number of hydrogen-bond donors (Lipinski definition) is 2. The van der Waals surface area contributed by atoms with Gasteiger partial charge in [-0.3, -0.25) is 4.99 Å². The minimum atomic E-state index is -0.155. The van der Waals surface area contributed by atoms with Crippen LogP contribution in [-0.4, -0.2) is 32.0 Å². The molecule has 0 amide bonds. The Labute approximate surface area is 230 Å². The number of rotatable bonds is 5. The smallest absolute Gasteiger partial charge is 0.125 e. The van der Waals surface area contributed by atoms with E-state index in [1.165, 1.54) is 22.4 Å². The molecule has 3 atom stereocenters. The van der Waals surface area contributed by atoms with Crippen LogP contribution in [0.2, 0.25) is 10.0 Å². The molecule has 37 heavy (non-hydrogen) atoms. The fourth-order valence-electron chi connectivity index (χ4n) is 6.39. The minimum Gasteiger partial charge on any atom is -0.384 e. The van der Waals surface area contributed by atoms with Gasteiger partial charge in [0.25, 0.3) is 0 Å². The third-order valence-electron chi connectivity index (χ3n) is 8.03. The Kier molecular flexibility index (Phi) is 7.04. The van der Waals surface area contributed by atoms with Crippen LogP contribution in [0.3, 0.4) is 0 Å². The monoisotopic (exact) mass is 534 g/mol. The van der Waals surface area contributed by atoms with Crippen molar-refractivity contribution in [2.75, 3.05) is 25.0 Å². The first-order chi connectivity index (χ1) is 17.6. The van der Waals surface area contributed by atoms with Gasteiger partial charge in [0.15, 0.2) is 0 Å². The van der Waals surface area contributed by atoms with Gasteiger partial charge >= 0.3 is 0 Å². The number of fused-ring (bicyclic) bond motifs is 2. The van der Waals surface area contributed by atoms with Crippen molar-refractivity contribution in [3.63, 3.8) is 0 Å². The minimum absolute atomic E-state index is 0.155. The second kappa shape index (κ2) is 9.98. The van der Waals surface area contributed by atoms with Crippen LogP contribution in [0.4, 0.5) is 5.69 Å². The van der Waals surface area contributed by atoms with E-state index in [0.29, 0.717) is 11.9 Å². The number of hydrogen-bond acceptors (Lipinski definition) is 3. The summed E-state index contributed by atoms with van der Waals surface area (Å²) in [6, 6.07) is 23.4. The lowest BCUT2D eigenvalue weighted by atomic mass is 9.64. The van der Waals surface area contributed by atoms with Crippen molar-refractivity contribution in [3.8, 4) is 0 Å². The summed E-state index contributed by atoms with van der Waals surface area (Å²) < 4.78 is 0. The van der Waals surface area contributed by atoms with Crippen LogP contribution in [0.25, 0.3) is 0 Å². The van der Waals surface area contributed by atoms with E-state index in [2.05, 4.69) is 84.5 Å². The third-order valence-corrected chi connectivity index (χ3v) is 8.61. The van der Waals surface area contributed by atoms with Gasteiger partial charge in [-0.25, -0.2) is 0 Å². The Morgan fingerprint density at radius 3 is 2.49 bits per heavy atom. The number of halogens is 2. The van der Waals surface area contributed by atoms with Crippen molar-refractivity contribution in [2.24, 2.45) is 16.1 Å². The van der Waals surface area contributed by atoms with Gasteiger partial charge in [-0.15, -0.1) is 0 Å². The SMILES string of the molecule is CN=C(N)c1ccc(CN2C[C@]3(c4cc(Cl)ccc42)C(CC(C)(C)C)NC[C@@H]3c2ccccc2Cl)cc1. The standard InChI is InChI=1S/C31H36Cl2N4/c1-30(2,3)16-28-31(25(17-36-28)23-7-5-6-8-26(23)33)19-37(27-14-13-22(32)15-24(27)31)18-20-9-11-21(12-10-20)29(34)35-4/h5-15,25,28,36H,16-19H2,1-4H3,(H2,34,35)/t25-,28?,31-/m1/s1. The van der Waals surface area contributed by atoms with Crippen LogP contribution in [0.5, 0.6) is 0 Å². The summed E-state index contributed by atoms with van der Waals surface area (Å²) in [5.74, 6) is 0.787. The molecule has 0 aromatic heterocycles. The number of anilines is 1. The van der Waals surface area contributed by atoms with Crippen molar-refractivity contribution in [3.05, 3.63) is 99.0 Å². The molecule has 0 radical (unpaired) electrons. The summed E-state index contributed by atoms with van der Waals surface area (Å²) in [6.07, 6.45) is 1.05. The molecular formula is C31H36Cl2N4. The number of nitrogens with one attached hydrogen (secondary N) is 1. The van der Waals surface area contributed by atoms with Crippen LogP contribution < -0.4 is 16.0 Å². The van der Waals surface area contributed by atoms with E-state index in [0.717, 1.165) is 41.7 Å². The van der Waals surface area contributed by atoms with Gasteiger partial charge in [0.05, 0.1) is 0 Å². The second-order valence-electron chi connectivity index (χ2n) is 11.7. The lowest BCUT2D eigenvalue weighted by Crippen LogP contribution is -2.48. The van der Waals surface area contributed by atoms with Crippen molar-refractivity contribution in [1.82, 2.24) is 5.32 Å². The molecule has 3 aromatic rings. The molecule has 0 bridgehead atoms. The highest BCUT2D eigenvalue weighted by Crippen LogP contribution is 2.56. The molecule has 0 saturated carbocycles. The van der Waals surface area contributed by atoms with E-state index in [4.69, 9.17) is 28.9 Å². The maximum atomic E-state index is 6.84. The van der Waals surface area contributed by atoms with E-state index >= 15 is 0 Å². The van der Waals surface area contributed by atoms with Crippen molar-refractivity contribution >= 4 is 34.7 Å². The van der Waals surface area contributed by atoms with Crippen molar-refractivity contribution in [2.45, 2.75) is 51.1 Å². The van der Waals surface area contributed by atoms with Gasteiger partial charge in [0.1, 0.15) is 5.84 Å². The number of benzene rings is 3. The van der Waals surface area contributed by atoms with Gasteiger partial charge < -0.3 is 16.0 Å². The Morgan fingerprint density at radius 2 is 1.81 bits per heavy atom. The van der Waals surface area contributed by atoms with Gasteiger partial charge in [-0.1, -0.05) is 86.4 Å². The van der Waals surface area contributed by atoms with Crippen LogP contribution in [0.15, 0.2) is 71.7 Å². The molecule has 1 unspecified atom stereocenters.